The molecule has 1 heterocycles. The molecule has 0 spiro atoms. The first kappa shape index (κ1) is 18.5. The third kappa shape index (κ3) is 4.85. The van der Waals surface area contributed by atoms with Gasteiger partial charge < -0.3 is 10.0 Å². The minimum absolute atomic E-state index is 0.287. The van der Waals surface area contributed by atoms with Crippen LogP contribution >= 0.6 is 0 Å². The topological polar surface area (TPSA) is 26.7 Å². The standard InChI is InChI=1S/C22H32N2O/c1-3-8-19-9-7-10-20(17-19)21(24-15-13-23(2)14-16-24)18-22(25)11-5-4-6-12-22/h7,9-10,17,21,25H,4-6,11-16,18H2,1-2H3. The minimum Gasteiger partial charge on any atom is -0.390 e. The van der Waals surface area contributed by atoms with Crippen molar-refractivity contribution in [3.8, 4) is 11.8 Å². The summed E-state index contributed by atoms with van der Waals surface area (Å²) in [6, 6.07) is 8.93. The molecule has 1 saturated carbocycles. The van der Waals surface area contributed by atoms with E-state index >= 15 is 0 Å². The number of aliphatic hydroxyl groups is 1. The highest BCUT2D eigenvalue weighted by Gasteiger charge is 2.35. The average molecular weight is 341 g/mol. The summed E-state index contributed by atoms with van der Waals surface area (Å²) in [5.41, 5.74) is 1.89. The molecule has 136 valence electrons. The molecule has 0 radical (unpaired) electrons. The maximum absolute atomic E-state index is 11.2. The van der Waals surface area contributed by atoms with E-state index in [-0.39, 0.29) is 6.04 Å². The van der Waals surface area contributed by atoms with Crippen LogP contribution in [0.2, 0.25) is 0 Å². The summed E-state index contributed by atoms with van der Waals surface area (Å²) in [6.07, 6.45) is 6.33. The Morgan fingerprint density at radius 2 is 1.84 bits per heavy atom. The monoisotopic (exact) mass is 340 g/mol. The SMILES string of the molecule is CC#Cc1cccc(C(CC2(O)CCCCC2)N2CCN(C)CC2)c1. The van der Waals surface area contributed by atoms with Gasteiger partial charge in [-0.2, -0.15) is 0 Å². The molecule has 1 atom stereocenters. The highest BCUT2D eigenvalue weighted by molar-refractivity contribution is 5.38. The van der Waals surface area contributed by atoms with E-state index in [2.05, 4.69) is 53.0 Å². The zero-order chi connectivity index (χ0) is 17.7. The Kier molecular flexibility index (Phi) is 6.17. The quantitative estimate of drug-likeness (QED) is 0.851. The van der Waals surface area contributed by atoms with Gasteiger partial charge in [-0.3, -0.25) is 4.90 Å². The fourth-order valence-corrected chi connectivity index (χ4v) is 4.33. The maximum Gasteiger partial charge on any atom is 0.0666 e. The van der Waals surface area contributed by atoms with Gasteiger partial charge in [0.2, 0.25) is 0 Å². The van der Waals surface area contributed by atoms with Gasteiger partial charge in [0.25, 0.3) is 0 Å². The lowest BCUT2D eigenvalue weighted by molar-refractivity contribution is -0.0332. The summed E-state index contributed by atoms with van der Waals surface area (Å²) in [5, 5.41) is 11.2. The molecule has 1 aromatic carbocycles. The second-order valence-corrected chi connectivity index (χ2v) is 7.84. The van der Waals surface area contributed by atoms with Crippen molar-refractivity contribution in [2.45, 2.75) is 57.1 Å². The summed E-state index contributed by atoms with van der Waals surface area (Å²) in [7, 11) is 2.19. The molecule has 1 unspecified atom stereocenters. The first-order chi connectivity index (χ1) is 12.1. The van der Waals surface area contributed by atoms with Crippen molar-refractivity contribution >= 4 is 0 Å². The van der Waals surface area contributed by atoms with E-state index in [0.717, 1.165) is 63.8 Å². The zero-order valence-corrected chi connectivity index (χ0v) is 15.8. The Morgan fingerprint density at radius 3 is 2.52 bits per heavy atom. The number of rotatable bonds is 4. The lowest BCUT2D eigenvalue weighted by Crippen LogP contribution is -2.48. The van der Waals surface area contributed by atoms with Crippen LogP contribution in [0.15, 0.2) is 24.3 Å². The summed E-state index contributed by atoms with van der Waals surface area (Å²) in [6.45, 7) is 6.23. The number of hydrogen-bond donors (Lipinski definition) is 1. The van der Waals surface area contributed by atoms with Crippen molar-refractivity contribution in [1.29, 1.82) is 0 Å². The molecule has 1 aromatic rings. The van der Waals surface area contributed by atoms with Crippen LogP contribution in [0, 0.1) is 11.8 Å². The van der Waals surface area contributed by atoms with Crippen molar-refractivity contribution < 1.29 is 5.11 Å². The number of benzene rings is 1. The molecule has 2 fully saturated rings. The van der Waals surface area contributed by atoms with E-state index in [1.165, 1.54) is 12.0 Å². The number of piperazine rings is 1. The third-order valence-corrected chi connectivity index (χ3v) is 5.88. The molecule has 3 rings (SSSR count). The second-order valence-electron chi connectivity index (χ2n) is 7.84. The van der Waals surface area contributed by atoms with Gasteiger partial charge >= 0.3 is 0 Å². The normalized spacial score (nSPS) is 22.8. The summed E-state index contributed by atoms with van der Waals surface area (Å²) in [4.78, 5) is 4.97. The van der Waals surface area contributed by atoms with Gasteiger partial charge in [-0.05, 0) is 50.9 Å². The number of nitrogens with zero attached hydrogens (tertiary/aromatic N) is 2. The minimum atomic E-state index is -0.501. The smallest absolute Gasteiger partial charge is 0.0666 e. The van der Waals surface area contributed by atoms with Crippen molar-refractivity contribution in [2.24, 2.45) is 0 Å². The maximum atomic E-state index is 11.2. The molecular formula is C22H32N2O. The average Bonchev–Trinajstić information content (AvgIpc) is 2.62. The highest BCUT2D eigenvalue weighted by Crippen LogP contribution is 2.38. The van der Waals surface area contributed by atoms with Crippen LogP contribution in [-0.4, -0.2) is 53.7 Å². The summed E-state index contributed by atoms with van der Waals surface area (Å²) >= 11 is 0. The van der Waals surface area contributed by atoms with Crippen molar-refractivity contribution in [3.05, 3.63) is 35.4 Å². The molecule has 3 nitrogen and oxygen atoms in total. The Morgan fingerprint density at radius 1 is 1.12 bits per heavy atom. The number of hydrogen-bond acceptors (Lipinski definition) is 3. The molecule has 0 aromatic heterocycles. The Bertz CT molecular complexity index is 616. The van der Waals surface area contributed by atoms with Crippen LogP contribution in [0.3, 0.4) is 0 Å². The molecule has 0 amide bonds. The summed E-state index contributed by atoms with van der Waals surface area (Å²) in [5.74, 6) is 6.19. The van der Waals surface area contributed by atoms with Crippen LogP contribution in [-0.2, 0) is 0 Å². The third-order valence-electron chi connectivity index (χ3n) is 5.88. The highest BCUT2D eigenvalue weighted by atomic mass is 16.3. The number of likely N-dealkylation sites (N-methyl/N-ethyl adjacent to an activating group) is 1. The first-order valence-electron chi connectivity index (χ1n) is 9.77. The molecule has 1 N–H and O–H groups in total. The molecular weight excluding hydrogens is 308 g/mol. The van der Waals surface area contributed by atoms with E-state index in [4.69, 9.17) is 0 Å². The van der Waals surface area contributed by atoms with Crippen LogP contribution in [0.4, 0.5) is 0 Å². The Labute approximate surface area is 153 Å². The van der Waals surface area contributed by atoms with Gasteiger partial charge in [-0.15, -0.1) is 5.92 Å². The molecule has 1 saturated heterocycles. The van der Waals surface area contributed by atoms with Crippen LogP contribution < -0.4 is 0 Å². The fraction of sp³-hybridized carbons (Fsp3) is 0.636. The molecule has 2 aliphatic rings. The van der Waals surface area contributed by atoms with E-state index in [0.29, 0.717) is 0 Å². The van der Waals surface area contributed by atoms with Crippen LogP contribution in [0.1, 0.15) is 62.6 Å². The lowest BCUT2D eigenvalue weighted by atomic mass is 9.78. The van der Waals surface area contributed by atoms with Gasteiger partial charge in [0.05, 0.1) is 5.60 Å². The molecule has 3 heteroatoms. The van der Waals surface area contributed by atoms with Gasteiger partial charge in [0.1, 0.15) is 0 Å². The van der Waals surface area contributed by atoms with Gasteiger partial charge in [-0.1, -0.05) is 37.3 Å². The molecule has 0 bridgehead atoms. The van der Waals surface area contributed by atoms with E-state index in [1.54, 1.807) is 0 Å². The second kappa shape index (κ2) is 8.36. The largest absolute Gasteiger partial charge is 0.390 e. The van der Waals surface area contributed by atoms with Gasteiger partial charge in [-0.25, -0.2) is 0 Å². The van der Waals surface area contributed by atoms with Gasteiger partial charge in [0.15, 0.2) is 0 Å². The van der Waals surface area contributed by atoms with E-state index in [1.807, 2.05) is 6.92 Å². The van der Waals surface area contributed by atoms with E-state index < -0.39 is 5.60 Å². The predicted molar refractivity (Wildman–Crippen MR) is 103 cm³/mol. The van der Waals surface area contributed by atoms with Crippen LogP contribution in [0.25, 0.3) is 0 Å². The summed E-state index contributed by atoms with van der Waals surface area (Å²) < 4.78 is 0. The molecule has 1 aliphatic heterocycles. The van der Waals surface area contributed by atoms with Crippen molar-refractivity contribution in [3.63, 3.8) is 0 Å². The Balaban J connectivity index is 1.85. The molecule has 25 heavy (non-hydrogen) atoms. The molecule has 1 aliphatic carbocycles. The Hall–Kier alpha value is -1.34. The van der Waals surface area contributed by atoms with Crippen molar-refractivity contribution in [1.82, 2.24) is 9.80 Å². The van der Waals surface area contributed by atoms with Crippen molar-refractivity contribution in [2.75, 3.05) is 33.2 Å². The zero-order valence-electron chi connectivity index (χ0n) is 15.8. The predicted octanol–water partition coefficient (Wildman–Crippen LogP) is 3.43. The fourth-order valence-electron chi connectivity index (χ4n) is 4.33. The first-order valence-corrected chi connectivity index (χ1v) is 9.77. The van der Waals surface area contributed by atoms with E-state index in [9.17, 15) is 5.11 Å². The lowest BCUT2D eigenvalue weighted by Gasteiger charge is -2.43. The van der Waals surface area contributed by atoms with Crippen LogP contribution in [0.5, 0.6) is 0 Å². The van der Waals surface area contributed by atoms with Gasteiger partial charge in [0, 0.05) is 37.8 Å².